The Kier molecular flexibility index (Phi) is 7.82. The first-order valence-electron chi connectivity index (χ1n) is 11.0. The van der Waals surface area contributed by atoms with Crippen LogP contribution in [0.15, 0.2) is 72.8 Å². The highest BCUT2D eigenvalue weighted by Crippen LogP contribution is 2.18. The lowest BCUT2D eigenvalue weighted by Crippen LogP contribution is -2.50. The van der Waals surface area contributed by atoms with Gasteiger partial charge in [0.15, 0.2) is 0 Å². The summed E-state index contributed by atoms with van der Waals surface area (Å²) >= 11 is 0. The minimum absolute atomic E-state index is 0.0571. The van der Waals surface area contributed by atoms with Gasteiger partial charge in [-0.05, 0) is 48.6 Å². The summed E-state index contributed by atoms with van der Waals surface area (Å²) in [5.74, 6) is -0.215. The van der Waals surface area contributed by atoms with Crippen LogP contribution in [0.25, 0.3) is 0 Å². The predicted molar refractivity (Wildman–Crippen MR) is 129 cm³/mol. The van der Waals surface area contributed by atoms with E-state index in [1.807, 2.05) is 73.7 Å². The van der Waals surface area contributed by atoms with Gasteiger partial charge in [-0.2, -0.15) is 0 Å². The molecular weight excluding hydrogens is 396 g/mol. The van der Waals surface area contributed by atoms with Crippen molar-refractivity contribution in [1.82, 2.24) is 10.2 Å². The molecule has 3 aromatic rings. The van der Waals surface area contributed by atoms with Crippen molar-refractivity contribution in [3.63, 3.8) is 0 Å². The van der Waals surface area contributed by atoms with E-state index < -0.39 is 6.04 Å². The van der Waals surface area contributed by atoms with Gasteiger partial charge in [-0.1, -0.05) is 78.4 Å². The fourth-order valence-corrected chi connectivity index (χ4v) is 3.80. The van der Waals surface area contributed by atoms with Crippen molar-refractivity contribution >= 4 is 11.8 Å². The smallest absolute Gasteiger partial charge is 0.242 e. The summed E-state index contributed by atoms with van der Waals surface area (Å²) in [4.78, 5) is 28.3. The van der Waals surface area contributed by atoms with Crippen molar-refractivity contribution < 1.29 is 9.59 Å². The van der Waals surface area contributed by atoms with Crippen LogP contribution in [0.1, 0.15) is 33.4 Å². The second-order valence-electron chi connectivity index (χ2n) is 8.42. The van der Waals surface area contributed by atoms with E-state index in [1.165, 1.54) is 5.56 Å². The zero-order valence-corrected chi connectivity index (χ0v) is 19.4. The second-order valence-corrected chi connectivity index (χ2v) is 8.42. The van der Waals surface area contributed by atoms with Crippen LogP contribution in [0.4, 0.5) is 0 Å². The molecule has 3 aromatic carbocycles. The minimum atomic E-state index is -0.595. The van der Waals surface area contributed by atoms with Crippen LogP contribution in [0.5, 0.6) is 0 Å². The SMILES string of the molecule is CNC(=O)[C@H](Cc1ccccc1)N(Cc1ccc(C)cc1)C(=O)Cc1ccc(C)c(C)c1. The van der Waals surface area contributed by atoms with Gasteiger partial charge in [0.1, 0.15) is 6.04 Å². The van der Waals surface area contributed by atoms with Crippen LogP contribution in [0.3, 0.4) is 0 Å². The third-order valence-electron chi connectivity index (χ3n) is 5.92. The largest absolute Gasteiger partial charge is 0.357 e. The number of carbonyl (C=O) groups is 2. The molecule has 166 valence electrons. The van der Waals surface area contributed by atoms with Crippen LogP contribution in [0, 0.1) is 20.8 Å². The molecular formula is C28H32N2O2. The zero-order chi connectivity index (χ0) is 23.1. The summed E-state index contributed by atoms with van der Waals surface area (Å²) in [6, 6.07) is 23.5. The Balaban J connectivity index is 1.93. The van der Waals surface area contributed by atoms with E-state index in [9.17, 15) is 9.59 Å². The number of nitrogens with zero attached hydrogens (tertiary/aromatic N) is 1. The topological polar surface area (TPSA) is 49.4 Å². The Morgan fingerprint density at radius 2 is 1.47 bits per heavy atom. The fraction of sp³-hybridized carbons (Fsp3) is 0.286. The van der Waals surface area contributed by atoms with Crippen molar-refractivity contribution in [3.05, 3.63) is 106 Å². The molecule has 0 unspecified atom stereocenters. The van der Waals surface area contributed by atoms with Crippen LogP contribution < -0.4 is 5.32 Å². The molecule has 3 rings (SSSR count). The standard InChI is InChI=1S/C28H32N2O2/c1-20-10-13-24(14-11-20)19-30(27(31)18-25-15-12-21(2)22(3)16-25)26(28(32)29-4)17-23-8-6-5-7-9-23/h5-16,26H,17-19H2,1-4H3,(H,29,32)/t26-/m0/s1. The third-order valence-corrected chi connectivity index (χ3v) is 5.92. The Labute approximate surface area is 191 Å². The lowest BCUT2D eigenvalue weighted by atomic mass is 10.00. The highest BCUT2D eigenvalue weighted by Gasteiger charge is 2.29. The summed E-state index contributed by atoms with van der Waals surface area (Å²) in [7, 11) is 1.62. The van der Waals surface area contributed by atoms with Crippen LogP contribution in [-0.4, -0.2) is 29.8 Å². The van der Waals surface area contributed by atoms with Crippen molar-refractivity contribution in [2.45, 2.75) is 46.2 Å². The van der Waals surface area contributed by atoms with Gasteiger partial charge in [-0.15, -0.1) is 0 Å². The highest BCUT2D eigenvalue weighted by molar-refractivity contribution is 5.88. The highest BCUT2D eigenvalue weighted by atomic mass is 16.2. The molecule has 32 heavy (non-hydrogen) atoms. The quantitative estimate of drug-likeness (QED) is 0.573. The summed E-state index contributed by atoms with van der Waals surface area (Å²) in [5, 5.41) is 2.76. The van der Waals surface area contributed by atoms with Gasteiger partial charge in [0.05, 0.1) is 6.42 Å². The molecule has 2 amide bonds. The predicted octanol–water partition coefficient (Wildman–Crippen LogP) is 4.54. The number of carbonyl (C=O) groups excluding carboxylic acids is 2. The van der Waals surface area contributed by atoms with E-state index in [0.29, 0.717) is 13.0 Å². The van der Waals surface area contributed by atoms with E-state index >= 15 is 0 Å². The van der Waals surface area contributed by atoms with Crippen LogP contribution >= 0.6 is 0 Å². The molecule has 0 saturated carbocycles. The molecule has 0 aliphatic carbocycles. The third kappa shape index (κ3) is 6.07. The minimum Gasteiger partial charge on any atom is -0.357 e. The number of likely N-dealkylation sites (N-methyl/N-ethyl adjacent to an activating group) is 1. The molecule has 0 aliphatic rings. The molecule has 0 heterocycles. The van der Waals surface area contributed by atoms with Crippen molar-refractivity contribution in [2.24, 2.45) is 0 Å². The number of aryl methyl sites for hydroxylation is 3. The molecule has 0 saturated heterocycles. The van der Waals surface area contributed by atoms with Gasteiger partial charge in [0.25, 0.3) is 0 Å². The van der Waals surface area contributed by atoms with E-state index in [0.717, 1.165) is 27.8 Å². The molecule has 0 radical (unpaired) electrons. The summed E-state index contributed by atoms with van der Waals surface area (Å²) in [5.41, 5.74) is 6.51. The maximum absolute atomic E-state index is 13.6. The Bertz CT molecular complexity index is 1060. The normalized spacial score (nSPS) is 11.6. The Morgan fingerprint density at radius 1 is 0.812 bits per heavy atom. The van der Waals surface area contributed by atoms with Crippen LogP contribution in [0.2, 0.25) is 0 Å². The number of nitrogens with one attached hydrogen (secondary N) is 1. The van der Waals surface area contributed by atoms with Gasteiger partial charge in [0, 0.05) is 20.0 Å². The first-order valence-corrected chi connectivity index (χ1v) is 11.0. The lowest BCUT2D eigenvalue weighted by Gasteiger charge is -2.31. The first-order chi connectivity index (χ1) is 15.4. The van der Waals surface area contributed by atoms with Crippen LogP contribution in [-0.2, 0) is 29.0 Å². The molecule has 1 N–H and O–H groups in total. The van der Waals surface area contributed by atoms with E-state index in [4.69, 9.17) is 0 Å². The molecule has 0 aromatic heterocycles. The molecule has 0 aliphatic heterocycles. The van der Waals surface area contributed by atoms with Gasteiger partial charge in [0.2, 0.25) is 11.8 Å². The maximum Gasteiger partial charge on any atom is 0.242 e. The Hall–Kier alpha value is -3.40. The second kappa shape index (κ2) is 10.8. The molecule has 4 heteroatoms. The average molecular weight is 429 g/mol. The average Bonchev–Trinajstić information content (AvgIpc) is 2.80. The number of benzene rings is 3. The number of hydrogen-bond donors (Lipinski definition) is 1. The van der Waals surface area contributed by atoms with Gasteiger partial charge in [-0.3, -0.25) is 9.59 Å². The number of hydrogen-bond acceptors (Lipinski definition) is 2. The van der Waals surface area contributed by atoms with Gasteiger partial charge < -0.3 is 10.2 Å². The molecule has 1 atom stereocenters. The summed E-state index contributed by atoms with van der Waals surface area (Å²) in [6.07, 6.45) is 0.723. The summed E-state index contributed by atoms with van der Waals surface area (Å²) < 4.78 is 0. The van der Waals surface area contributed by atoms with Crippen molar-refractivity contribution in [3.8, 4) is 0 Å². The zero-order valence-electron chi connectivity index (χ0n) is 19.4. The molecule has 4 nitrogen and oxygen atoms in total. The van der Waals surface area contributed by atoms with Gasteiger partial charge >= 0.3 is 0 Å². The fourth-order valence-electron chi connectivity index (χ4n) is 3.80. The lowest BCUT2D eigenvalue weighted by molar-refractivity contribution is -0.140. The van der Waals surface area contributed by atoms with Gasteiger partial charge in [-0.25, -0.2) is 0 Å². The molecule has 0 fully saturated rings. The van der Waals surface area contributed by atoms with Crippen molar-refractivity contribution in [2.75, 3.05) is 7.05 Å². The molecule has 0 spiro atoms. The van der Waals surface area contributed by atoms with E-state index in [2.05, 4.69) is 25.2 Å². The maximum atomic E-state index is 13.6. The summed E-state index contributed by atoms with van der Waals surface area (Å²) in [6.45, 7) is 6.53. The number of rotatable bonds is 8. The van der Waals surface area contributed by atoms with E-state index in [-0.39, 0.29) is 18.2 Å². The monoisotopic (exact) mass is 428 g/mol. The van der Waals surface area contributed by atoms with E-state index in [1.54, 1.807) is 11.9 Å². The molecule has 0 bridgehead atoms. The first kappa shape index (κ1) is 23.3. The number of amides is 2. The Morgan fingerprint density at radius 3 is 2.09 bits per heavy atom. The van der Waals surface area contributed by atoms with Crippen molar-refractivity contribution in [1.29, 1.82) is 0 Å².